The molecule has 0 bridgehead atoms. The Hall–Kier alpha value is -3.05. The van der Waals surface area contributed by atoms with Crippen molar-refractivity contribution in [1.82, 2.24) is 14.8 Å². The predicted molar refractivity (Wildman–Crippen MR) is 142 cm³/mol. The van der Waals surface area contributed by atoms with E-state index in [0.29, 0.717) is 18.0 Å². The van der Waals surface area contributed by atoms with Gasteiger partial charge < -0.3 is 14.7 Å². The maximum atomic E-state index is 13.4. The SMILES string of the molecule is COc1ccc2nccc([C@H](CC[C@@H]3CCN(CC#Cc4cc(F)cc(F)c4)C[C@@H]3CO)N(C)C)c2c1. The highest BCUT2D eigenvalue weighted by molar-refractivity contribution is 5.84. The molecule has 0 saturated carbocycles. The van der Waals surface area contributed by atoms with Crippen LogP contribution < -0.4 is 4.74 Å². The average Bonchev–Trinajstić information content (AvgIpc) is 2.88. The van der Waals surface area contributed by atoms with Gasteiger partial charge in [-0.25, -0.2) is 8.78 Å². The first-order chi connectivity index (χ1) is 17.9. The second-order valence-electron chi connectivity index (χ2n) is 10.0. The lowest BCUT2D eigenvalue weighted by Gasteiger charge is -2.38. The minimum absolute atomic E-state index is 0.131. The molecule has 1 N–H and O–H groups in total. The molecule has 0 spiro atoms. The highest BCUT2D eigenvalue weighted by Gasteiger charge is 2.29. The average molecular weight is 508 g/mol. The maximum absolute atomic E-state index is 13.4. The van der Waals surface area contributed by atoms with Gasteiger partial charge in [-0.2, -0.15) is 0 Å². The number of rotatable bonds is 8. The Balaban J connectivity index is 1.40. The quantitative estimate of drug-likeness (QED) is 0.440. The molecule has 4 rings (SSSR count). The minimum Gasteiger partial charge on any atom is -0.497 e. The Morgan fingerprint density at radius 3 is 2.62 bits per heavy atom. The lowest BCUT2D eigenvalue weighted by Crippen LogP contribution is -2.42. The van der Waals surface area contributed by atoms with Crippen molar-refractivity contribution in [3.8, 4) is 17.6 Å². The number of hydrogen-bond donors (Lipinski definition) is 1. The normalized spacial score (nSPS) is 19.0. The summed E-state index contributed by atoms with van der Waals surface area (Å²) in [6.45, 7) is 2.28. The van der Waals surface area contributed by atoms with Crippen LogP contribution in [0.4, 0.5) is 8.78 Å². The zero-order chi connectivity index (χ0) is 26.4. The van der Waals surface area contributed by atoms with Crippen LogP contribution in [0.2, 0.25) is 0 Å². The van der Waals surface area contributed by atoms with Crippen molar-refractivity contribution in [1.29, 1.82) is 0 Å². The van der Waals surface area contributed by atoms with Gasteiger partial charge in [0.25, 0.3) is 0 Å². The van der Waals surface area contributed by atoms with Gasteiger partial charge in [-0.3, -0.25) is 9.88 Å². The molecule has 1 aliphatic rings. The van der Waals surface area contributed by atoms with Crippen LogP contribution >= 0.6 is 0 Å². The molecule has 196 valence electrons. The summed E-state index contributed by atoms with van der Waals surface area (Å²) < 4.78 is 32.2. The van der Waals surface area contributed by atoms with Crippen molar-refractivity contribution in [2.45, 2.75) is 25.3 Å². The van der Waals surface area contributed by atoms with Crippen molar-refractivity contribution in [2.75, 3.05) is 47.4 Å². The van der Waals surface area contributed by atoms with Crippen molar-refractivity contribution in [3.63, 3.8) is 0 Å². The van der Waals surface area contributed by atoms with E-state index < -0.39 is 11.6 Å². The number of nitrogens with zero attached hydrogens (tertiary/aromatic N) is 3. The Labute approximate surface area is 218 Å². The third kappa shape index (κ3) is 6.84. The number of pyridine rings is 1. The summed E-state index contributed by atoms with van der Waals surface area (Å²) in [4.78, 5) is 9.00. The van der Waals surface area contributed by atoms with E-state index in [0.717, 1.165) is 55.1 Å². The Morgan fingerprint density at radius 1 is 1.14 bits per heavy atom. The van der Waals surface area contributed by atoms with Crippen LogP contribution in [0.25, 0.3) is 10.9 Å². The molecular weight excluding hydrogens is 472 g/mol. The van der Waals surface area contributed by atoms with Crippen molar-refractivity contribution in [2.24, 2.45) is 11.8 Å². The molecule has 2 aromatic carbocycles. The highest BCUT2D eigenvalue weighted by atomic mass is 19.1. The van der Waals surface area contributed by atoms with Crippen LogP contribution in [0.3, 0.4) is 0 Å². The summed E-state index contributed by atoms with van der Waals surface area (Å²) in [5.74, 6) is 6.04. The number of likely N-dealkylation sites (tertiary alicyclic amines) is 1. The molecule has 0 unspecified atom stereocenters. The first-order valence-electron chi connectivity index (χ1n) is 12.7. The molecule has 0 amide bonds. The van der Waals surface area contributed by atoms with Crippen LogP contribution in [0.15, 0.2) is 48.7 Å². The van der Waals surface area contributed by atoms with E-state index in [4.69, 9.17) is 4.74 Å². The maximum Gasteiger partial charge on any atom is 0.127 e. The summed E-state index contributed by atoms with van der Waals surface area (Å²) >= 11 is 0. The minimum atomic E-state index is -0.625. The van der Waals surface area contributed by atoms with Crippen LogP contribution in [0, 0.1) is 35.3 Å². The van der Waals surface area contributed by atoms with Crippen molar-refractivity contribution in [3.05, 3.63) is 71.4 Å². The topological polar surface area (TPSA) is 48.8 Å². The van der Waals surface area contributed by atoms with Crippen LogP contribution in [-0.4, -0.2) is 67.3 Å². The van der Waals surface area contributed by atoms with E-state index in [1.165, 1.54) is 17.7 Å². The fraction of sp³-hybridized carbons (Fsp3) is 0.433. The zero-order valence-corrected chi connectivity index (χ0v) is 21.8. The van der Waals surface area contributed by atoms with Crippen LogP contribution in [0.5, 0.6) is 5.75 Å². The molecule has 1 saturated heterocycles. The second kappa shape index (κ2) is 12.5. The van der Waals surface area contributed by atoms with Gasteiger partial charge in [0.15, 0.2) is 0 Å². The molecular formula is C30H35F2N3O2. The number of fused-ring (bicyclic) bond motifs is 1. The summed E-state index contributed by atoms with van der Waals surface area (Å²) in [6, 6.07) is 11.6. The first-order valence-corrected chi connectivity index (χ1v) is 12.7. The van der Waals surface area contributed by atoms with E-state index in [9.17, 15) is 13.9 Å². The fourth-order valence-corrected chi connectivity index (χ4v) is 5.39. The summed E-state index contributed by atoms with van der Waals surface area (Å²) in [5.41, 5.74) is 2.52. The van der Waals surface area contributed by atoms with Crippen molar-refractivity contribution < 1.29 is 18.6 Å². The standard InChI is InChI=1S/C30H35F2N3O2/c1-34(2)30(27-10-12-33-29-8-7-26(37-3)18-28(27)29)9-6-22-11-14-35(19-23(22)20-36)13-4-5-21-15-24(31)17-25(32)16-21/h7-8,10,12,15-18,22-23,30,36H,6,9,11,13-14,19-20H2,1-3H3/t22-,23-,30+/m1/s1. The second-order valence-corrected chi connectivity index (χ2v) is 10.0. The Bertz CT molecular complexity index is 1250. The number of halogens is 2. The molecule has 0 radical (unpaired) electrons. The molecule has 0 aliphatic carbocycles. The lowest BCUT2D eigenvalue weighted by molar-refractivity contribution is 0.0707. The summed E-state index contributed by atoms with van der Waals surface area (Å²) in [7, 11) is 5.88. The molecule has 3 aromatic rings. The van der Waals surface area contributed by atoms with Gasteiger partial charge in [-0.15, -0.1) is 0 Å². The van der Waals surface area contributed by atoms with Gasteiger partial charge in [0.2, 0.25) is 0 Å². The summed E-state index contributed by atoms with van der Waals surface area (Å²) in [5, 5.41) is 11.3. The molecule has 7 heteroatoms. The number of ether oxygens (including phenoxy) is 1. The summed E-state index contributed by atoms with van der Waals surface area (Å²) in [6.07, 6.45) is 4.82. The van der Waals surface area contributed by atoms with E-state index in [2.05, 4.69) is 52.9 Å². The number of piperidine rings is 1. The molecule has 2 heterocycles. The number of hydrogen-bond acceptors (Lipinski definition) is 5. The molecule has 3 atom stereocenters. The number of aromatic nitrogens is 1. The number of aliphatic hydroxyl groups is 1. The van der Waals surface area contributed by atoms with Crippen LogP contribution in [-0.2, 0) is 0 Å². The number of benzene rings is 2. The Morgan fingerprint density at radius 2 is 1.92 bits per heavy atom. The monoisotopic (exact) mass is 507 g/mol. The molecule has 5 nitrogen and oxygen atoms in total. The fourth-order valence-electron chi connectivity index (χ4n) is 5.39. The van der Waals surface area contributed by atoms with E-state index >= 15 is 0 Å². The first kappa shape index (κ1) is 27.0. The number of methoxy groups -OCH3 is 1. The van der Waals surface area contributed by atoms with Gasteiger partial charge in [0.05, 0.1) is 19.2 Å². The van der Waals surface area contributed by atoms with Gasteiger partial charge in [0.1, 0.15) is 17.4 Å². The third-order valence-electron chi connectivity index (χ3n) is 7.38. The highest BCUT2D eigenvalue weighted by Crippen LogP contribution is 2.35. The van der Waals surface area contributed by atoms with E-state index in [1.54, 1.807) is 7.11 Å². The molecule has 1 aliphatic heterocycles. The van der Waals surface area contributed by atoms with Gasteiger partial charge >= 0.3 is 0 Å². The van der Waals surface area contributed by atoms with Gasteiger partial charge in [-0.1, -0.05) is 11.8 Å². The van der Waals surface area contributed by atoms with Gasteiger partial charge in [0, 0.05) is 42.4 Å². The molecule has 1 aromatic heterocycles. The molecule has 1 fully saturated rings. The van der Waals surface area contributed by atoms with E-state index in [1.807, 2.05) is 18.3 Å². The Kier molecular flexibility index (Phi) is 9.09. The smallest absolute Gasteiger partial charge is 0.127 e. The number of aliphatic hydroxyl groups excluding tert-OH is 1. The predicted octanol–water partition coefficient (Wildman–Crippen LogP) is 4.89. The third-order valence-corrected chi connectivity index (χ3v) is 7.38. The van der Waals surface area contributed by atoms with Crippen molar-refractivity contribution >= 4 is 10.9 Å². The lowest BCUT2D eigenvalue weighted by atomic mass is 9.81. The zero-order valence-electron chi connectivity index (χ0n) is 21.8. The van der Waals surface area contributed by atoms with Crippen LogP contribution in [0.1, 0.15) is 36.4 Å². The largest absolute Gasteiger partial charge is 0.497 e. The molecule has 37 heavy (non-hydrogen) atoms. The van der Waals surface area contributed by atoms with E-state index in [-0.39, 0.29) is 18.6 Å². The van der Waals surface area contributed by atoms with Gasteiger partial charge in [-0.05, 0) is 93.7 Å².